The fraction of sp³-hybridized carbons (Fsp3) is 0.233. The number of carbonyl (C=O) groups excluding carboxylic acids is 1. The van der Waals surface area contributed by atoms with Gasteiger partial charge < -0.3 is 29.6 Å². The number of hydrogen-bond donors (Lipinski definition) is 2. The number of para-hydroxylation sites is 2. The summed E-state index contributed by atoms with van der Waals surface area (Å²) in [6.45, 7) is 3.86. The molecule has 0 bridgehead atoms. The number of benzene rings is 3. The SMILES string of the molecule is COc1ccccc1NC(=O)C1=C(C)Nc2nc(-c3ccc(C)cc3)nn2C1c1cc(OC)c(OC)cc1OC. The fourth-order valence-corrected chi connectivity index (χ4v) is 4.76. The smallest absolute Gasteiger partial charge is 0.255 e. The minimum atomic E-state index is -0.715. The first kappa shape index (κ1) is 26.6. The van der Waals surface area contributed by atoms with Crippen LogP contribution in [-0.2, 0) is 4.79 Å². The number of carbonyl (C=O) groups is 1. The molecule has 1 unspecified atom stereocenters. The molecule has 206 valence electrons. The van der Waals surface area contributed by atoms with Gasteiger partial charge in [0.15, 0.2) is 17.3 Å². The largest absolute Gasteiger partial charge is 0.496 e. The summed E-state index contributed by atoms with van der Waals surface area (Å²) in [5.41, 5.74) is 4.20. The molecule has 2 heterocycles. The molecular formula is C30H31N5O5. The van der Waals surface area contributed by atoms with Crippen LogP contribution in [0.25, 0.3) is 11.4 Å². The average molecular weight is 542 g/mol. The van der Waals surface area contributed by atoms with Crippen molar-refractivity contribution in [3.8, 4) is 34.4 Å². The van der Waals surface area contributed by atoms with Crippen molar-refractivity contribution in [2.45, 2.75) is 19.9 Å². The Morgan fingerprint density at radius 3 is 2.17 bits per heavy atom. The van der Waals surface area contributed by atoms with Gasteiger partial charge in [-0.25, -0.2) is 4.68 Å². The number of hydrogen-bond acceptors (Lipinski definition) is 8. The minimum Gasteiger partial charge on any atom is -0.496 e. The van der Waals surface area contributed by atoms with Crippen LogP contribution in [0.3, 0.4) is 0 Å². The molecule has 10 nitrogen and oxygen atoms in total. The van der Waals surface area contributed by atoms with Crippen LogP contribution in [0.15, 0.2) is 71.9 Å². The molecule has 0 fully saturated rings. The van der Waals surface area contributed by atoms with Crippen LogP contribution in [0.5, 0.6) is 23.0 Å². The van der Waals surface area contributed by atoms with Crippen molar-refractivity contribution in [1.29, 1.82) is 0 Å². The number of fused-ring (bicyclic) bond motifs is 1. The van der Waals surface area contributed by atoms with E-state index in [9.17, 15) is 4.79 Å². The molecule has 1 aromatic heterocycles. The third kappa shape index (κ3) is 4.79. The first-order chi connectivity index (χ1) is 19.4. The zero-order chi connectivity index (χ0) is 28.4. The third-order valence-electron chi connectivity index (χ3n) is 6.79. The van der Waals surface area contributed by atoms with E-state index in [0.717, 1.165) is 11.1 Å². The van der Waals surface area contributed by atoms with Crippen LogP contribution in [0.2, 0.25) is 0 Å². The highest BCUT2D eigenvalue weighted by molar-refractivity contribution is 6.06. The highest BCUT2D eigenvalue weighted by Crippen LogP contribution is 2.44. The van der Waals surface area contributed by atoms with E-state index in [4.69, 9.17) is 29.0 Å². The van der Waals surface area contributed by atoms with Crippen LogP contribution in [0, 0.1) is 6.92 Å². The summed E-state index contributed by atoms with van der Waals surface area (Å²) in [6.07, 6.45) is 0. The number of anilines is 2. The number of rotatable bonds is 8. The Bertz CT molecular complexity index is 1590. The van der Waals surface area contributed by atoms with Gasteiger partial charge in [0.05, 0.1) is 39.7 Å². The van der Waals surface area contributed by atoms with Crippen molar-refractivity contribution < 1.29 is 23.7 Å². The zero-order valence-corrected chi connectivity index (χ0v) is 23.2. The Morgan fingerprint density at radius 1 is 0.850 bits per heavy atom. The van der Waals surface area contributed by atoms with E-state index in [-0.39, 0.29) is 5.91 Å². The van der Waals surface area contributed by atoms with Gasteiger partial charge in [0.2, 0.25) is 5.95 Å². The predicted molar refractivity (Wildman–Crippen MR) is 152 cm³/mol. The summed E-state index contributed by atoms with van der Waals surface area (Å²) >= 11 is 0. The number of aryl methyl sites for hydroxylation is 1. The molecule has 10 heteroatoms. The quantitative estimate of drug-likeness (QED) is 0.313. The molecule has 40 heavy (non-hydrogen) atoms. The van der Waals surface area contributed by atoms with Gasteiger partial charge in [0.1, 0.15) is 17.5 Å². The van der Waals surface area contributed by atoms with Crippen LogP contribution in [0.1, 0.15) is 24.1 Å². The van der Waals surface area contributed by atoms with Crippen molar-refractivity contribution in [3.05, 3.63) is 83.1 Å². The van der Waals surface area contributed by atoms with Gasteiger partial charge in [-0.1, -0.05) is 42.0 Å². The summed E-state index contributed by atoms with van der Waals surface area (Å²) in [5.74, 6) is 2.69. The van der Waals surface area contributed by atoms with Crippen molar-refractivity contribution in [2.24, 2.45) is 0 Å². The molecule has 1 aliphatic heterocycles. The summed E-state index contributed by atoms with van der Waals surface area (Å²) < 4.78 is 24.1. The highest BCUT2D eigenvalue weighted by atomic mass is 16.5. The fourth-order valence-electron chi connectivity index (χ4n) is 4.76. The second kappa shape index (κ2) is 11.0. The van der Waals surface area contributed by atoms with Crippen molar-refractivity contribution >= 4 is 17.5 Å². The van der Waals surface area contributed by atoms with Gasteiger partial charge in [-0.15, -0.1) is 5.10 Å². The van der Waals surface area contributed by atoms with E-state index in [2.05, 4.69) is 10.6 Å². The Balaban J connectivity index is 1.69. The van der Waals surface area contributed by atoms with E-state index in [1.54, 1.807) is 57.4 Å². The van der Waals surface area contributed by atoms with Gasteiger partial charge in [0, 0.05) is 22.9 Å². The Kier molecular flexibility index (Phi) is 7.33. The van der Waals surface area contributed by atoms with E-state index < -0.39 is 6.04 Å². The topological polar surface area (TPSA) is 109 Å². The van der Waals surface area contributed by atoms with Crippen LogP contribution in [-0.4, -0.2) is 49.1 Å². The van der Waals surface area contributed by atoms with Crippen molar-refractivity contribution in [3.63, 3.8) is 0 Å². The molecule has 1 amide bonds. The van der Waals surface area contributed by atoms with Crippen molar-refractivity contribution in [2.75, 3.05) is 39.1 Å². The van der Waals surface area contributed by atoms with Crippen LogP contribution in [0.4, 0.5) is 11.6 Å². The van der Waals surface area contributed by atoms with E-state index in [0.29, 0.717) is 57.3 Å². The molecular weight excluding hydrogens is 510 g/mol. The Morgan fingerprint density at radius 2 is 1.50 bits per heavy atom. The average Bonchev–Trinajstić information content (AvgIpc) is 3.39. The lowest BCUT2D eigenvalue weighted by atomic mass is 9.93. The third-order valence-corrected chi connectivity index (χ3v) is 6.79. The molecule has 0 radical (unpaired) electrons. The molecule has 0 spiro atoms. The lowest BCUT2D eigenvalue weighted by Gasteiger charge is -2.30. The lowest BCUT2D eigenvalue weighted by molar-refractivity contribution is -0.113. The van der Waals surface area contributed by atoms with Crippen molar-refractivity contribution in [1.82, 2.24) is 14.8 Å². The lowest BCUT2D eigenvalue weighted by Crippen LogP contribution is -2.32. The molecule has 1 aliphatic rings. The van der Waals surface area contributed by atoms with Gasteiger partial charge in [-0.05, 0) is 32.0 Å². The standard InChI is InChI=1S/C30H31N5O5/c1-17-11-13-19(14-12-17)28-33-30-31-18(2)26(29(36)32-21-9-7-8-10-22(21)37-3)27(35(30)34-28)20-15-24(39-5)25(40-6)16-23(20)38-4/h7-16,27H,1-6H3,(H,32,36)(H,31,33,34). The molecule has 5 rings (SSSR count). The van der Waals surface area contributed by atoms with Crippen LogP contribution < -0.4 is 29.6 Å². The number of methoxy groups -OCH3 is 4. The maximum Gasteiger partial charge on any atom is 0.255 e. The Labute approximate surface area is 232 Å². The molecule has 1 atom stereocenters. The first-order valence-corrected chi connectivity index (χ1v) is 12.6. The Hall–Kier alpha value is -4.99. The summed E-state index contributed by atoms with van der Waals surface area (Å²) in [5, 5.41) is 11.1. The summed E-state index contributed by atoms with van der Waals surface area (Å²) in [6, 6.07) is 18.0. The van der Waals surface area contributed by atoms with Gasteiger partial charge in [0.25, 0.3) is 5.91 Å². The first-order valence-electron chi connectivity index (χ1n) is 12.6. The molecule has 0 aliphatic carbocycles. The second-order valence-corrected chi connectivity index (χ2v) is 9.24. The number of ether oxygens (including phenoxy) is 4. The van der Waals surface area contributed by atoms with Gasteiger partial charge >= 0.3 is 0 Å². The maximum absolute atomic E-state index is 14.0. The number of allylic oxidation sites excluding steroid dienone is 1. The summed E-state index contributed by atoms with van der Waals surface area (Å²) in [7, 11) is 6.24. The number of aromatic nitrogens is 3. The number of nitrogens with zero attached hydrogens (tertiary/aromatic N) is 3. The van der Waals surface area contributed by atoms with E-state index in [1.165, 1.54) is 0 Å². The zero-order valence-electron chi connectivity index (χ0n) is 23.2. The summed E-state index contributed by atoms with van der Waals surface area (Å²) in [4.78, 5) is 18.8. The minimum absolute atomic E-state index is 0.339. The van der Waals surface area contributed by atoms with Gasteiger partial charge in [-0.3, -0.25) is 4.79 Å². The van der Waals surface area contributed by atoms with Crippen LogP contribution >= 0.6 is 0 Å². The molecule has 3 aromatic carbocycles. The normalized spacial score (nSPS) is 14.2. The maximum atomic E-state index is 14.0. The predicted octanol–water partition coefficient (Wildman–Crippen LogP) is 5.22. The second-order valence-electron chi connectivity index (χ2n) is 9.24. The molecule has 0 saturated carbocycles. The van der Waals surface area contributed by atoms with Gasteiger partial charge in [-0.2, -0.15) is 4.98 Å². The molecule has 2 N–H and O–H groups in total. The van der Waals surface area contributed by atoms with E-state index in [1.807, 2.05) is 50.2 Å². The highest BCUT2D eigenvalue weighted by Gasteiger charge is 2.37. The van der Waals surface area contributed by atoms with E-state index >= 15 is 0 Å². The molecule has 4 aromatic rings. The molecule has 0 saturated heterocycles. The number of amides is 1. The monoisotopic (exact) mass is 541 g/mol. The number of nitrogens with one attached hydrogen (secondary N) is 2.